The molecule has 7 rings (SSSR count). The summed E-state index contributed by atoms with van der Waals surface area (Å²) in [4.78, 5) is 28.7. The molecule has 1 N–H and O–H groups in total. The molecule has 0 radical (unpaired) electrons. The summed E-state index contributed by atoms with van der Waals surface area (Å²) >= 11 is 0. The van der Waals surface area contributed by atoms with Crippen molar-refractivity contribution in [3.05, 3.63) is 53.1 Å². The van der Waals surface area contributed by atoms with Gasteiger partial charge in [0, 0.05) is 11.8 Å². The van der Waals surface area contributed by atoms with Gasteiger partial charge in [0.1, 0.15) is 23.0 Å². The van der Waals surface area contributed by atoms with Gasteiger partial charge in [0.25, 0.3) is 0 Å². The summed E-state index contributed by atoms with van der Waals surface area (Å²) in [5, 5.41) is 9.37. The minimum absolute atomic E-state index is 0.0221. The van der Waals surface area contributed by atoms with E-state index < -0.39 is 23.2 Å². The first kappa shape index (κ1) is 37.0. The van der Waals surface area contributed by atoms with Gasteiger partial charge in [0.05, 0.1) is 0 Å². The number of carboxylic acids is 1. The number of fused-ring (bicyclic) bond motifs is 7. The lowest BCUT2D eigenvalue weighted by Gasteiger charge is -2.72. The summed E-state index contributed by atoms with van der Waals surface area (Å²) < 4.78 is 29.9. The Bertz CT molecular complexity index is 1600. The first-order valence-electron chi connectivity index (χ1n) is 20.4. The lowest BCUT2D eigenvalue weighted by molar-refractivity contribution is -0.224. The number of rotatable bonds is 8. The van der Waals surface area contributed by atoms with Crippen molar-refractivity contribution >= 4 is 17.3 Å². The molecule has 1 aromatic carbocycles. The third-order valence-electron chi connectivity index (χ3n) is 17.1. The number of piperidine rings is 1. The van der Waals surface area contributed by atoms with Crippen LogP contribution in [0.4, 0.5) is 8.78 Å². The predicted octanol–water partition coefficient (Wildman–Crippen LogP) is 11.1. The first-order valence-corrected chi connectivity index (χ1v) is 20.4. The largest absolute Gasteiger partial charge is 0.477 e. The maximum absolute atomic E-state index is 15.0. The Morgan fingerprint density at radius 2 is 1.57 bits per heavy atom. The van der Waals surface area contributed by atoms with E-state index in [4.69, 9.17) is 0 Å². The summed E-state index contributed by atoms with van der Waals surface area (Å²) in [5.41, 5.74) is 1.50. The van der Waals surface area contributed by atoms with Crippen molar-refractivity contribution in [1.29, 1.82) is 0 Å². The normalized spacial score (nSPS) is 40.3. The van der Waals surface area contributed by atoms with Gasteiger partial charge in [0.15, 0.2) is 0 Å². The summed E-state index contributed by atoms with van der Waals surface area (Å²) in [6.07, 6.45) is 17.4. The number of carbonyl (C=O) groups is 2. The number of hydrogen-bond donors (Lipinski definition) is 1. The van der Waals surface area contributed by atoms with Gasteiger partial charge in [-0.25, -0.2) is 13.6 Å². The van der Waals surface area contributed by atoms with Crippen molar-refractivity contribution in [2.45, 2.75) is 131 Å². The smallest absolute Gasteiger partial charge is 0.341 e. The number of Topliss-reactive ketones (excluding diaryl/α,β-unsaturated/α-hetero) is 1. The highest BCUT2D eigenvalue weighted by atomic mass is 19.1. The summed E-state index contributed by atoms with van der Waals surface area (Å²) in [6, 6.07) is 2.45. The van der Waals surface area contributed by atoms with Crippen molar-refractivity contribution in [2.24, 2.45) is 56.7 Å². The number of nitrogens with zero attached hydrogens (tertiary/aromatic N) is 1. The van der Waals surface area contributed by atoms with Crippen LogP contribution in [0.25, 0.3) is 5.57 Å². The molecule has 1 aromatic rings. The number of aromatic carboxylic acids is 1. The Kier molecular flexibility index (Phi) is 9.36. The lowest BCUT2D eigenvalue weighted by Crippen LogP contribution is -2.65. The summed E-state index contributed by atoms with van der Waals surface area (Å²) in [6.45, 7) is 22.4. The Labute approximate surface area is 305 Å². The maximum atomic E-state index is 15.0. The van der Waals surface area contributed by atoms with Gasteiger partial charge < -0.3 is 10.0 Å². The van der Waals surface area contributed by atoms with Gasteiger partial charge in [-0.1, -0.05) is 59.3 Å². The van der Waals surface area contributed by atoms with Crippen LogP contribution in [0.3, 0.4) is 0 Å². The molecule has 0 spiro atoms. The van der Waals surface area contributed by atoms with Gasteiger partial charge in [-0.15, -0.1) is 0 Å². The van der Waals surface area contributed by atoms with Gasteiger partial charge in [0.2, 0.25) is 0 Å². The van der Waals surface area contributed by atoms with E-state index in [1.807, 2.05) is 0 Å². The van der Waals surface area contributed by atoms with Gasteiger partial charge in [-0.2, -0.15) is 0 Å². The van der Waals surface area contributed by atoms with Crippen LogP contribution >= 0.6 is 0 Å². The Morgan fingerprint density at radius 3 is 2.22 bits per heavy atom. The van der Waals surface area contributed by atoms with Crippen molar-refractivity contribution in [3.63, 3.8) is 0 Å². The summed E-state index contributed by atoms with van der Waals surface area (Å²) in [5.74, 6) is -0.931. The van der Waals surface area contributed by atoms with Crippen LogP contribution in [0.1, 0.15) is 147 Å². The molecular formula is C45H63F2NO3. The molecule has 0 unspecified atom stereocenters. The number of halogens is 2. The van der Waals surface area contributed by atoms with Crippen LogP contribution in [-0.4, -0.2) is 41.4 Å². The van der Waals surface area contributed by atoms with Crippen LogP contribution in [0.15, 0.2) is 30.4 Å². The van der Waals surface area contributed by atoms with E-state index in [2.05, 4.69) is 59.1 Å². The van der Waals surface area contributed by atoms with E-state index in [9.17, 15) is 23.5 Å². The van der Waals surface area contributed by atoms with Gasteiger partial charge >= 0.3 is 5.97 Å². The highest BCUT2D eigenvalue weighted by Gasteiger charge is 2.71. The molecule has 0 amide bonds. The number of benzene rings is 1. The predicted molar refractivity (Wildman–Crippen MR) is 200 cm³/mol. The Hall–Kier alpha value is -2.34. The number of hydrogen-bond acceptors (Lipinski definition) is 3. The quantitative estimate of drug-likeness (QED) is 0.274. The molecule has 1 saturated heterocycles. The van der Waals surface area contributed by atoms with Crippen molar-refractivity contribution < 1.29 is 23.5 Å². The second-order valence-electron chi connectivity index (χ2n) is 19.4. The van der Waals surface area contributed by atoms with Crippen molar-refractivity contribution in [2.75, 3.05) is 19.6 Å². The first-order chi connectivity index (χ1) is 24.0. The third kappa shape index (κ3) is 5.48. The van der Waals surface area contributed by atoms with E-state index >= 15 is 0 Å². The molecule has 9 atom stereocenters. The monoisotopic (exact) mass is 703 g/mol. The Balaban J connectivity index is 1.17. The highest BCUT2D eigenvalue weighted by Crippen LogP contribution is 2.78. The topological polar surface area (TPSA) is 57.6 Å². The molecule has 0 bridgehead atoms. The number of carboxylic acid groups (broad SMARTS) is 1. The zero-order valence-corrected chi connectivity index (χ0v) is 32.3. The molecule has 1 heterocycles. The molecule has 4 nitrogen and oxygen atoms in total. The minimum Gasteiger partial charge on any atom is -0.477 e. The zero-order valence-electron chi connectivity index (χ0n) is 32.3. The number of likely N-dealkylation sites (tertiary alicyclic amines) is 1. The van der Waals surface area contributed by atoms with Gasteiger partial charge in [-0.05, 0) is 178 Å². The van der Waals surface area contributed by atoms with Crippen LogP contribution in [0.2, 0.25) is 0 Å². The molecule has 5 aliphatic carbocycles. The standard InChI is InChI=1S/C45H63F2NO3/c1-28(2)30-15-20-45(37(49)12-11-25-48-23-9-8-10-24-48)22-21-43(6)32(39(30)45)13-14-36-42(5)18-16-31(41(3,4)35(42)17-19-44(36,43)7)29-26-33(46)38(40(50)51)34(47)27-29/h16,26-27,30,32,35-36,39H,1,8-15,17-25H2,2-7H3,(H,50,51)/t30-,32+,35-,36+,39+,42-,43+,44+,45+/m0/s1. The zero-order chi connectivity index (χ0) is 36.7. The molecular weight excluding hydrogens is 640 g/mol. The molecule has 6 aliphatic rings. The SMILES string of the molecule is C=C(C)[C@@H]1CC[C@]2(C(=O)CCCN3CCCCC3)CC[C@]3(C)[C@H](CC[C@@H]4[C@@]5(C)CC=C(c6cc(F)c(C(=O)O)c(F)c6)C(C)(C)[C@@H]5CC[C@]43C)[C@@H]12. The van der Waals surface area contributed by atoms with Crippen molar-refractivity contribution in [3.8, 4) is 0 Å². The van der Waals surface area contributed by atoms with Crippen LogP contribution in [0, 0.1) is 68.3 Å². The molecule has 51 heavy (non-hydrogen) atoms. The second-order valence-corrected chi connectivity index (χ2v) is 19.4. The molecule has 5 fully saturated rings. The Morgan fingerprint density at radius 1 is 0.882 bits per heavy atom. The van der Waals surface area contributed by atoms with Gasteiger partial charge in [-0.3, -0.25) is 4.79 Å². The van der Waals surface area contributed by atoms with E-state index in [0.29, 0.717) is 40.9 Å². The molecule has 1 aliphatic heterocycles. The fourth-order valence-electron chi connectivity index (χ4n) is 14.5. The van der Waals surface area contributed by atoms with Crippen molar-refractivity contribution in [1.82, 2.24) is 4.90 Å². The fourth-order valence-corrected chi connectivity index (χ4v) is 14.5. The number of ketones is 1. The summed E-state index contributed by atoms with van der Waals surface area (Å²) in [7, 11) is 0. The lowest BCUT2D eigenvalue weighted by atomic mass is 9.32. The van der Waals surface area contributed by atoms with Crippen LogP contribution in [-0.2, 0) is 4.79 Å². The second kappa shape index (κ2) is 12.9. The van der Waals surface area contributed by atoms with Crippen LogP contribution < -0.4 is 0 Å². The molecule has 4 saturated carbocycles. The minimum atomic E-state index is -1.58. The van der Waals surface area contributed by atoms with E-state index in [1.165, 1.54) is 50.1 Å². The number of allylic oxidation sites excluding steroid dienone is 3. The molecule has 280 valence electrons. The van der Waals surface area contributed by atoms with E-state index in [1.54, 1.807) is 0 Å². The average Bonchev–Trinajstić information content (AvgIpc) is 3.46. The third-order valence-corrected chi connectivity index (χ3v) is 17.1. The molecule has 0 aromatic heterocycles. The number of carbonyl (C=O) groups excluding carboxylic acids is 1. The highest BCUT2D eigenvalue weighted by molar-refractivity contribution is 5.89. The molecule has 6 heteroatoms. The van der Waals surface area contributed by atoms with E-state index in [-0.39, 0.29) is 27.1 Å². The van der Waals surface area contributed by atoms with Crippen LogP contribution in [0.5, 0.6) is 0 Å². The van der Waals surface area contributed by atoms with E-state index in [0.717, 1.165) is 82.7 Å². The maximum Gasteiger partial charge on any atom is 0.341 e. The average molecular weight is 704 g/mol. The fraction of sp³-hybridized carbons (Fsp3) is 0.733.